The molecule has 2 saturated carbocycles. The maximum Gasteiger partial charge on any atom is 0.407 e. The van der Waals surface area contributed by atoms with E-state index in [9.17, 15) is 19.2 Å². The number of likely N-dealkylation sites (tertiary alicyclic amines) is 1. The van der Waals surface area contributed by atoms with Crippen molar-refractivity contribution in [1.29, 1.82) is 0 Å². The van der Waals surface area contributed by atoms with Crippen LogP contribution in [-0.2, 0) is 38.3 Å². The number of carbonyl (C=O) groups excluding carboxylic acids is 4. The number of benzene rings is 3. The Hall–Kier alpha value is -6.44. The summed E-state index contributed by atoms with van der Waals surface area (Å²) in [5.41, 5.74) is 11.6. The van der Waals surface area contributed by atoms with E-state index in [1.54, 1.807) is 0 Å². The summed E-state index contributed by atoms with van der Waals surface area (Å²) in [5.74, 6) is 2.78. The Kier molecular flexibility index (Phi) is 13.0. The summed E-state index contributed by atoms with van der Waals surface area (Å²) in [6.07, 6.45) is 14.6. The van der Waals surface area contributed by atoms with Crippen molar-refractivity contribution in [3.05, 3.63) is 107 Å². The number of ether oxygens (including phenoxy) is 2. The number of alkyl carbamates (subject to hydrolysis) is 2. The van der Waals surface area contributed by atoms with Crippen LogP contribution < -0.4 is 10.6 Å². The van der Waals surface area contributed by atoms with Crippen molar-refractivity contribution in [2.24, 2.45) is 29.6 Å². The molecule has 14 heteroatoms. The zero-order valence-corrected chi connectivity index (χ0v) is 42.6. The zero-order valence-electron chi connectivity index (χ0n) is 42.6. The molecule has 4 bridgehead atoms. The highest BCUT2D eigenvalue weighted by Crippen LogP contribution is 2.53. The van der Waals surface area contributed by atoms with Gasteiger partial charge in [-0.05, 0) is 138 Å². The van der Waals surface area contributed by atoms with Crippen LogP contribution in [0, 0.1) is 29.6 Å². The number of nitrogens with zero attached hydrogens (tertiary/aromatic N) is 4. The highest BCUT2D eigenvalue weighted by molar-refractivity contribution is 5.88. The number of nitrogens with one attached hydrogen (secondary N) is 4. The Bertz CT molecular complexity index is 2850. The van der Waals surface area contributed by atoms with Crippen molar-refractivity contribution in [2.75, 3.05) is 14.2 Å². The fourth-order valence-corrected chi connectivity index (χ4v) is 14.1. The molecule has 5 heterocycles. The van der Waals surface area contributed by atoms with Crippen molar-refractivity contribution in [3.8, 4) is 33.6 Å². The molecular weight excluding hydrogens is 905 g/mol. The van der Waals surface area contributed by atoms with E-state index >= 15 is 0 Å². The molecular formula is C58H70N8O6. The van der Waals surface area contributed by atoms with Gasteiger partial charge in [-0.1, -0.05) is 102 Å². The molecule has 14 rings (SSSR count). The molecule has 3 aliphatic heterocycles. The van der Waals surface area contributed by atoms with Gasteiger partial charge in [0.1, 0.15) is 23.7 Å². The standard InChI is InChI=1S/C58H70N8O6/c1-31(2)50(63-57(69)71-5)55(67)65-47-13-8-7-10-40(47)27-48(65)53-60-30-46(62-53)44-25-34-14-16-35-20-23-38(32(3)24-39(44)17-15-34)26-43(35)36-18-21-37(22-19-36)45-29-59-54(61-45)49-28-41-11-9-12-42-33(4)51(64-58(70)72-6)56(68)66(49)52(41)42/h15,17-23,25-26,29-33,40-42,47-52H,7-14,16,24,27-28H2,1-6H3,(H,59,61)(H,60,62)(H,63,69)(H,64,70)/t32-,33+,40?,41?,42?,47?,48+,49+,50+,51+,52?/m1/s1. The second-order valence-corrected chi connectivity index (χ2v) is 22.2. The van der Waals surface area contributed by atoms with E-state index in [2.05, 4.69) is 105 Å². The number of H-pyrrole nitrogens is 2. The lowest BCUT2D eigenvalue weighted by molar-refractivity contribution is -0.148. The van der Waals surface area contributed by atoms with Gasteiger partial charge in [0.15, 0.2) is 0 Å². The summed E-state index contributed by atoms with van der Waals surface area (Å²) >= 11 is 0. The lowest BCUT2D eigenvalue weighted by atomic mass is 9.68. The number of fused-ring (bicyclic) bond motifs is 1. The minimum atomic E-state index is -0.693. The van der Waals surface area contributed by atoms with Gasteiger partial charge in [-0.25, -0.2) is 19.6 Å². The number of imidazole rings is 2. The summed E-state index contributed by atoms with van der Waals surface area (Å²) in [7, 11) is 2.67. The molecule has 5 unspecified atom stereocenters. The minimum absolute atomic E-state index is 0.0340. The molecule has 14 nitrogen and oxygen atoms in total. The minimum Gasteiger partial charge on any atom is -0.453 e. The first-order valence-corrected chi connectivity index (χ1v) is 26.7. The molecule has 72 heavy (non-hydrogen) atoms. The average Bonchev–Trinajstić information content (AvgIpc) is 4.23. The number of rotatable bonds is 9. The predicted molar refractivity (Wildman–Crippen MR) is 274 cm³/mol. The van der Waals surface area contributed by atoms with Crippen molar-refractivity contribution in [2.45, 2.75) is 147 Å². The smallest absolute Gasteiger partial charge is 0.407 e. The van der Waals surface area contributed by atoms with Crippen LogP contribution >= 0.6 is 0 Å². The van der Waals surface area contributed by atoms with Gasteiger partial charge in [-0.2, -0.15) is 0 Å². The van der Waals surface area contributed by atoms with Gasteiger partial charge >= 0.3 is 12.2 Å². The number of aromatic nitrogens is 4. The van der Waals surface area contributed by atoms with Crippen LogP contribution in [0.25, 0.3) is 33.6 Å². The van der Waals surface area contributed by atoms with Gasteiger partial charge in [-0.3, -0.25) is 9.59 Å². The molecule has 2 aromatic heterocycles. The third-order valence-corrected chi connectivity index (χ3v) is 17.8. The molecule has 4 amide bonds. The number of piperidine rings is 1. The first-order chi connectivity index (χ1) is 34.9. The molecule has 9 aliphatic rings. The number of amides is 4. The molecule has 5 fully saturated rings. The van der Waals surface area contributed by atoms with Gasteiger partial charge in [-0.15, -0.1) is 0 Å². The SMILES string of the molecule is COC(=O)N[C@H](C(=O)N1C2CCCCC2C[C@H]1c1ncc(-c2cc3ccc2C[C@@H](C)c2ccc(c(-c4ccc(-c5cnc([C@@H]6CC7CCCC8C7N6C(=O)[C@@H](NC(=O)OC)[C@H]8C)[nH]5)cc4)c2)CC3)[nH]1)C(C)C. The number of methoxy groups -OCH3 is 2. The largest absolute Gasteiger partial charge is 0.453 e. The monoisotopic (exact) mass is 975 g/mol. The maximum atomic E-state index is 14.5. The molecule has 4 N–H and O–H groups in total. The van der Waals surface area contributed by atoms with Crippen LogP contribution in [0.15, 0.2) is 73.1 Å². The van der Waals surface area contributed by atoms with E-state index in [4.69, 9.17) is 19.4 Å². The molecule has 5 aromatic rings. The van der Waals surface area contributed by atoms with Gasteiger partial charge in [0.05, 0.1) is 50.1 Å². The Morgan fingerprint density at radius 2 is 1.43 bits per heavy atom. The van der Waals surface area contributed by atoms with Crippen molar-refractivity contribution >= 4 is 24.0 Å². The molecule has 6 aliphatic carbocycles. The van der Waals surface area contributed by atoms with E-state index in [0.717, 1.165) is 105 Å². The topological polar surface area (TPSA) is 175 Å². The van der Waals surface area contributed by atoms with E-state index in [1.807, 2.05) is 26.2 Å². The quantitative estimate of drug-likeness (QED) is 0.113. The van der Waals surface area contributed by atoms with E-state index in [0.29, 0.717) is 17.8 Å². The molecule has 0 spiro atoms. The summed E-state index contributed by atoms with van der Waals surface area (Å²) in [5, 5.41) is 5.71. The summed E-state index contributed by atoms with van der Waals surface area (Å²) < 4.78 is 9.86. The van der Waals surface area contributed by atoms with E-state index in [1.165, 1.54) is 54.0 Å². The van der Waals surface area contributed by atoms with E-state index in [-0.39, 0.29) is 53.7 Å². The number of hydrogen-bond donors (Lipinski definition) is 4. The molecule has 3 aromatic carbocycles. The van der Waals surface area contributed by atoms with Crippen molar-refractivity contribution < 1.29 is 28.7 Å². The average molecular weight is 975 g/mol. The zero-order chi connectivity index (χ0) is 49.9. The number of aryl methyl sites for hydroxylation is 2. The van der Waals surface area contributed by atoms with Crippen LogP contribution in [0.5, 0.6) is 0 Å². The summed E-state index contributed by atoms with van der Waals surface area (Å²) in [6.45, 7) is 8.34. The van der Waals surface area contributed by atoms with Gasteiger partial charge in [0.25, 0.3) is 0 Å². The van der Waals surface area contributed by atoms with Crippen LogP contribution in [0.4, 0.5) is 9.59 Å². The van der Waals surface area contributed by atoms with Gasteiger partial charge in [0.2, 0.25) is 11.8 Å². The lowest BCUT2D eigenvalue weighted by Crippen LogP contribution is -2.63. The lowest BCUT2D eigenvalue weighted by Gasteiger charge is -2.49. The number of aromatic amines is 2. The summed E-state index contributed by atoms with van der Waals surface area (Å²) in [6, 6.07) is 21.3. The molecule has 3 saturated heterocycles. The normalized spacial score (nSPS) is 28.0. The number of hydrogen-bond acceptors (Lipinski definition) is 8. The first-order valence-electron chi connectivity index (χ1n) is 26.7. The van der Waals surface area contributed by atoms with Crippen molar-refractivity contribution in [3.63, 3.8) is 0 Å². The number of carbonyl (C=O) groups is 4. The molecule has 11 atom stereocenters. The van der Waals surface area contributed by atoms with E-state index < -0.39 is 24.3 Å². The third kappa shape index (κ3) is 8.65. The Morgan fingerprint density at radius 3 is 2.21 bits per heavy atom. The van der Waals surface area contributed by atoms with Crippen LogP contribution in [0.1, 0.15) is 137 Å². The second-order valence-electron chi connectivity index (χ2n) is 22.2. The Balaban J connectivity index is 0.822. The molecule has 378 valence electrons. The van der Waals surface area contributed by atoms with Crippen LogP contribution in [-0.4, -0.2) is 92.1 Å². The van der Waals surface area contributed by atoms with Crippen LogP contribution in [0.2, 0.25) is 0 Å². The summed E-state index contributed by atoms with van der Waals surface area (Å²) in [4.78, 5) is 74.9. The third-order valence-electron chi connectivity index (χ3n) is 17.8. The highest BCUT2D eigenvalue weighted by atomic mass is 16.5. The van der Waals surface area contributed by atoms with Gasteiger partial charge in [0, 0.05) is 17.6 Å². The Morgan fingerprint density at radius 1 is 0.736 bits per heavy atom. The fraction of sp³-hybridized carbons (Fsp3) is 0.517. The first kappa shape index (κ1) is 47.9. The molecule has 0 radical (unpaired) electrons. The van der Waals surface area contributed by atoms with Crippen molar-refractivity contribution in [1.82, 2.24) is 40.4 Å². The highest BCUT2D eigenvalue weighted by Gasteiger charge is 2.57. The van der Waals surface area contributed by atoms with Crippen LogP contribution in [0.3, 0.4) is 0 Å². The fourth-order valence-electron chi connectivity index (χ4n) is 14.1. The second kappa shape index (κ2) is 19.5. The Labute approximate surface area is 422 Å². The predicted octanol–water partition coefficient (Wildman–Crippen LogP) is 10.2. The maximum absolute atomic E-state index is 14.5. The van der Waals surface area contributed by atoms with Gasteiger partial charge < -0.3 is 39.9 Å².